The molecule has 2 aromatic carbocycles. The molecular weight excluding hydrogens is 364 g/mol. The Morgan fingerprint density at radius 3 is 2.62 bits per heavy atom. The van der Waals surface area contributed by atoms with Gasteiger partial charge in [-0.1, -0.05) is 18.2 Å². The molecular formula is C23H22N4O2. The van der Waals surface area contributed by atoms with Crippen LogP contribution in [0.4, 0.5) is 16.2 Å². The van der Waals surface area contributed by atoms with Crippen molar-refractivity contribution < 1.29 is 9.53 Å². The highest BCUT2D eigenvalue weighted by molar-refractivity contribution is 6.00. The molecule has 0 aliphatic carbocycles. The van der Waals surface area contributed by atoms with Crippen LogP contribution >= 0.6 is 0 Å². The first-order valence-corrected chi connectivity index (χ1v) is 9.31. The lowest BCUT2D eigenvalue weighted by Crippen LogP contribution is -2.19. The van der Waals surface area contributed by atoms with Crippen LogP contribution in [0.2, 0.25) is 0 Å². The third-order valence-corrected chi connectivity index (χ3v) is 4.78. The Balaban J connectivity index is 1.52. The van der Waals surface area contributed by atoms with E-state index in [9.17, 15) is 4.79 Å². The van der Waals surface area contributed by atoms with Crippen LogP contribution in [0, 0.1) is 13.8 Å². The zero-order chi connectivity index (χ0) is 20.4. The van der Waals surface area contributed by atoms with Crippen molar-refractivity contribution in [1.82, 2.24) is 9.38 Å². The number of imidazole rings is 1. The number of ether oxygens (including phenoxy) is 1. The monoisotopic (exact) mass is 386 g/mol. The van der Waals surface area contributed by atoms with Gasteiger partial charge in [0, 0.05) is 29.3 Å². The number of pyridine rings is 1. The summed E-state index contributed by atoms with van der Waals surface area (Å²) in [6, 6.07) is 16.9. The van der Waals surface area contributed by atoms with Crippen molar-refractivity contribution in [2.24, 2.45) is 0 Å². The third kappa shape index (κ3) is 3.91. The molecule has 0 aliphatic rings. The second kappa shape index (κ2) is 7.67. The molecule has 0 saturated heterocycles. The number of benzene rings is 2. The minimum atomic E-state index is -0.304. The molecule has 0 unspecified atom stereocenters. The van der Waals surface area contributed by atoms with Crippen molar-refractivity contribution in [3.8, 4) is 17.0 Å². The van der Waals surface area contributed by atoms with E-state index in [0.717, 1.165) is 39.5 Å². The summed E-state index contributed by atoms with van der Waals surface area (Å²) in [6.45, 7) is 3.96. The highest BCUT2D eigenvalue weighted by atomic mass is 16.5. The Labute approximate surface area is 169 Å². The zero-order valence-corrected chi connectivity index (χ0v) is 16.6. The van der Waals surface area contributed by atoms with Crippen LogP contribution in [-0.4, -0.2) is 22.5 Å². The molecule has 6 heteroatoms. The number of amides is 2. The van der Waals surface area contributed by atoms with E-state index in [4.69, 9.17) is 9.72 Å². The summed E-state index contributed by atoms with van der Waals surface area (Å²) in [5, 5.41) is 5.76. The first-order valence-electron chi connectivity index (χ1n) is 9.31. The Hall–Kier alpha value is -3.80. The Morgan fingerprint density at radius 1 is 1.00 bits per heavy atom. The van der Waals surface area contributed by atoms with Crippen LogP contribution in [0.1, 0.15) is 11.1 Å². The van der Waals surface area contributed by atoms with E-state index >= 15 is 0 Å². The fraction of sp³-hybridized carbons (Fsp3) is 0.130. The second-order valence-electron chi connectivity index (χ2n) is 6.89. The number of carbonyl (C=O) groups is 1. The summed E-state index contributed by atoms with van der Waals surface area (Å²) in [5.41, 5.74) is 6.18. The van der Waals surface area contributed by atoms with Gasteiger partial charge in [0.05, 0.1) is 12.8 Å². The van der Waals surface area contributed by atoms with Crippen LogP contribution in [-0.2, 0) is 0 Å². The lowest BCUT2D eigenvalue weighted by atomic mass is 10.1. The van der Waals surface area contributed by atoms with Gasteiger partial charge in [-0.15, -0.1) is 0 Å². The second-order valence-corrected chi connectivity index (χ2v) is 6.89. The molecule has 0 radical (unpaired) electrons. The maximum atomic E-state index is 12.4. The molecule has 6 nitrogen and oxygen atoms in total. The van der Waals surface area contributed by atoms with Crippen molar-refractivity contribution in [3.05, 3.63) is 78.1 Å². The van der Waals surface area contributed by atoms with Gasteiger partial charge < -0.3 is 19.8 Å². The molecule has 0 fully saturated rings. The van der Waals surface area contributed by atoms with Gasteiger partial charge in [0.1, 0.15) is 11.4 Å². The summed E-state index contributed by atoms with van der Waals surface area (Å²) in [6.07, 6.45) is 3.97. The number of aryl methyl sites for hydroxylation is 2. The average Bonchev–Trinajstić information content (AvgIpc) is 3.15. The van der Waals surface area contributed by atoms with E-state index in [1.165, 1.54) is 0 Å². The predicted octanol–water partition coefficient (Wildman–Crippen LogP) is 5.27. The summed E-state index contributed by atoms with van der Waals surface area (Å²) >= 11 is 0. The van der Waals surface area contributed by atoms with E-state index in [-0.39, 0.29) is 6.03 Å². The fourth-order valence-corrected chi connectivity index (χ4v) is 3.24. The first-order chi connectivity index (χ1) is 14.0. The van der Waals surface area contributed by atoms with Crippen molar-refractivity contribution in [1.29, 1.82) is 0 Å². The lowest BCUT2D eigenvalue weighted by molar-refractivity contribution is 0.262. The molecule has 0 spiro atoms. The summed E-state index contributed by atoms with van der Waals surface area (Å²) in [7, 11) is 1.62. The number of methoxy groups -OCH3 is 1. The van der Waals surface area contributed by atoms with Gasteiger partial charge in [-0.3, -0.25) is 0 Å². The van der Waals surface area contributed by atoms with Crippen LogP contribution in [0.3, 0.4) is 0 Å². The molecule has 4 aromatic rings. The molecule has 4 rings (SSSR count). The molecule has 2 N–H and O–H groups in total. The third-order valence-electron chi connectivity index (χ3n) is 4.78. The van der Waals surface area contributed by atoms with Gasteiger partial charge in [-0.05, 0) is 61.4 Å². The highest BCUT2D eigenvalue weighted by Crippen LogP contribution is 2.24. The number of hydrogen-bond donors (Lipinski definition) is 2. The lowest BCUT2D eigenvalue weighted by Gasteiger charge is -2.11. The van der Waals surface area contributed by atoms with Gasteiger partial charge in [-0.25, -0.2) is 9.78 Å². The number of rotatable bonds is 4. The molecule has 0 bridgehead atoms. The minimum absolute atomic E-state index is 0.304. The number of urea groups is 1. The van der Waals surface area contributed by atoms with Crippen LogP contribution in [0.5, 0.6) is 5.75 Å². The fourth-order valence-electron chi connectivity index (χ4n) is 3.24. The quantitative estimate of drug-likeness (QED) is 0.502. The topological polar surface area (TPSA) is 67.7 Å². The molecule has 29 heavy (non-hydrogen) atoms. The van der Waals surface area contributed by atoms with Crippen molar-refractivity contribution in [2.45, 2.75) is 13.8 Å². The van der Waals surface area contributed by atoms with Crippen LogP contribution in [0.25, 0.3) is 16.9 Å². The van der Waals surface area contributed by atoms with Crippen LogP contribution < -0.4 is 15.4 Å². The van der Waals surface area contributed by atoms with Crippen molar-refractivity contribution >= 4 is 23.1 Å². The number of hydrogen-bond acceptors (Lipinski definition) is 3. The molecule has 2 amide bonds. The summed E-state index contributed by atoms with van der Waals surface area (Å²) < 4.78 is 7.20. The van der Waals surface area contributed by atoms with Gasteiger partial charge in [0.25, 0.3) is 0 Å². The molecule has 2 heterocycles. The smallest absolute Gasteiger partial charge is 0.323 e. The van der Waals surface area contributed by atoms with Gasteiger partial charge >= 0.3 is 6.03 Å². The molecule has 146 valence electrons. The normalized spacial score (nSPS) is 10.7. The van der Waals surface area contributed by atoms with E-state index in [2.05, 4.69) is 10.6 Å². The van der Waals surface area contributed by atoms with Crippen molar-refractivity contribution in [3.63, 3.8) is 0 Å². The molecule has 0 aliphatic heterocycles. The standard InChI is InChI=1S/C23H22N4O2/c1-15-6-5-11-27-14-21(25-22(15)27)17-7-4-8-18(13-17)24-23(28)26-20-10-9-19(29-3)12-16(20)2/h4-14H,1-3H3,(H2,24,26,28). The van der Waals surface area contributed by atoms with Gasteiger partial charge in [0.15, 0.2) is 0 Å². The maximum absolute atomic E-state index is 12.4. The predicted molar refractivity (Wildman–Crippen MR) is 116 cm³/mol. The molecule has 2 aromatic heterocycles. The molecule has 0 saturated carbocycles. The number of carbonyl (C=O) groups excluding carboxylic acids is 1. The van der Waals surface area contributed by atoms with E-state index in [1.807, 2.05) is 85.2 Å². The molecule has 0 atom stereocenters. The average molecular weight is 386 g/mol. The highest BCUT2D eigenvalue weighted by Gasteiger charge is 2.09. The number of nitrogens with one attached hydrogen (secondary N) is 2. The number of nitrogens with zero attached hydrogens (tertiary/aromatic N) is 2. The summed E-state index contributed by atoms with van der Waals surface area (Å²) in [4.78, 5) is 17.2. The minimum Gasteiger partial charge on any atom is -0.497 e. The first kappa shape index (κ1) is 18.6. The Kier molecular flexibility index (Phi) is 4.91. The van der Waals surface area contributed by atoms with Crippen molar-refractivity contribution in [2.75, 3.05) is 17.7 Å². The van der Waals surface area contributed by atoms with Gasteiger partial charge in [0.2, 0.25) is 0 Å². The number of fused-ring (bicyclic) bond motifs is 1. The maximum Gasteiger partial charge on any atom is 0.323 e. The Bertz CT molecular complexity index is 1200. The van der Waals surface area contributed by atoms with E-state index < -0.39 is 0 Å². The zero-order valence-electron chi connectivity index (χ0n) is 16.6. The SMILES string of the molecule is COc1ccc(NC(=O)Nc2cccc(-c3cn4cccc(C)c4n3)c2)c(C)c1. The Morgan fingerprint density at radius 2 is 1.86 bits per heavy atom. The number of aromatic nitrogens is 2. The summed E-state index contributed by atoms with van der Waals surface area (Å²) in [5.74, 6) is 0.754. The van der Waals surface area contributed by atoms with Gasteiger partial charge in [-0.2, -0.15) is 0 Å². The van der Waals surface area contributed by atoms with E-state index in [0.29, 0.717) is 5.69 Å². The van der Waals surface area contributed by atoms with E-state index in [1.54, 1.807) is 7.11 Å². The largest absolute Gasteiger partial charge is 0.497 e. The number of anilines is 2. The van der Waals surface area contributed by atoms with Crippen LogP contribution in [0.15, 0.2) is 67.0 Å².